The van der Waals surface area contributed by atoms with Gasteiger partial charge >= 0.3 is 0 Å². The molecule has 3 heteroatoms. The molecule has 1 aliphatic carbocycles. The molecule has 1 saturated carbocycles. The third-order valence-corrected chi connectivity index (χ3v) is 4.29. The van der Waals surface area contributed by atoms with Crippen LogP contribution in [0.5, 0.6) is 0 Å². The summed E-state index contributed by atoms with van der Waals surface area (Å²) in [5, 5.41) is 0. The third-order valence-electron chi connectivity index (χ3n) is 3.26. The summed E-state index contributed by atoms with van der Waals surface area (Å²) >= 11 is 1.92. The Labute approximate surface area is 90.4 Å². The van der Waals surface area contributed by atoms with E-state index in [4.69, 9.17) is 0 Å². The molecule has 2 nitrogen and oxygen atoms in total. The number of carbonyl (C=O) groups is 1. The normalized spacial score (nSPS) is 29.1. The number of Topliss-reactive ketones (excluding diaryl/α,β-unsaturated/α-hetero) is 1. The highest BCUT2D eigenvalue weighted by Gasteiger charge is 2.28. The molecule has 0 radical (unpaired) electrons. The molecule has 2 fully saturated rings. The molecule has 14 heavy (non-hydrogen) atoms. The van der Waals surface area contributed by atoms with Crippen LogP contribution < -0.4 is 0 Å². The molecule has 1 atom stereocenters. The lowest BCUT2D eigenvalue weighted by Crippen LogP contribution is -2.44. The van der Waals surface area contributed by atoms with Gasteiger partial charge in [-0.1, -0.05) is 12.8 Å². The summed E-state index contributed by atoms with van der Waals surface area (Å²) in [4.78, 5) is 14.1. The molecule has 1 heterocycles. The summed E-state index contributed by atoms with van der Waals surface area (Å²) in [5.74, 6) is 3.57. The topological polar surface area (TPSA) is 20.3 Å². The third kappa shape index (κ3) is 2.74. The molecule has 1 unspecified atom stereocenters. The van der Waals surface area contributed by atoms with Crippen LogP contribution in [0.25, 0.3) is 0 Å². The van der Waals surface area contributed by atoms with E-state index in [9.17, 15) is 4.79 Å². The first-order valence-electron chi connectivity index (χ1n) is 5.58. The first-order chi connectivity index (χ1) is 6.77. The molecular weight excluding hydrogens is 194 g/mol. The van der Waals surface area contributed by atoms with Gasteiger partial charge in [0.25, 0.3) is 0 Å². The van der Waals surface area contributed by atoms with Gasteiger partial charge in [0, 0.05) is 24.5 Å². The number of carbonyl (C=O) groups excluding carboxylic acids is 1. The van der Waals surface area contributed by atoms with E-state index in [1.807, 2.05) is 11.8 Å². The maximum Gasteiger partial charge on any atom is 0.150 e. The second-order valence-electron chi connectivity index (χ2n) is 4.52. The van der Waals surface area contributed by atoms with Crippen molar-refractivity contribution < 1.29 is 4.79 Å². The number of likely N-dealkylation sites (N-methyl/N-ethyl adjacent to an activating group) is 1. The van der Waals surface area contributed by atoms with Crippen molar-refractivity contribution in [3.05, 3.63) is 0 Å². The minimum atomic E-state index is 0.215. The molecule has 0 aromatic heterocycles. The Bertz CT molecular complexity index is 215. The highest BCUT2D eigenvalue weighted by molar-refractivity contribution is 7.99. The monoisotopic (exact) mass is 213 g/mol. The van der Waals surface area contributed by atoms with Crippen molar-refractivity contribution in [3.8, 4) is 0 Å². The van der Waals surface area contributed by atoms with Gasteiger partial charge in [-0.3, -0.25) is 9.69 Å². The lowest BCUT2D eigenvalue weighted by Gasteiger charge is -2.30. The van der Waals surface area contributed by atoms with Crippen LogP contribution in [0, 0.1) is 5.92 Å². The Morgan fingerprint density at radius 3 is 2.93 bits per heavy atom. The van der Waals surface area contributed by atoms with E-state index in [1.165, 1.54) is 18.6 Å². The van der Waals surface area contributed by atoms with Crippen LogP contribution in [0.3, 0.4) is 0 Å². The van der Waals surface area contributed by atoms with Gasteiger partial charge in [0.1, 0.15) is 0 Å². The summed E-state index contributed by atoms with van der Waals surface area (Å²) < 4.78 is 0. The molecular formula is C11H19NOS. The van der Waals surface area contributed by atoms with Crippen molar-refractivity contribution in [2.24, 2.45) is 5.92 Å². The van der Waals surface area contributed by atoms with Crippen LogP contribution >= 0.6 is 11.8 Å². The van der Waals surface area contributed by atoms with Crippen LogP contribution in [-0.2, 0) is 4.79 Å². The van der Waals surface area contributed by atoms with Crippen LogP contribution in [-0.4, -0.2) is 41.8 Å². The number of hydrogen-bond acceptors (Lipinski definition) is 3. The highest BCUT2D eigenvalue weighted by Crippen LogP contribution is 2.34. The highest BCUT2D eigenvalue weighted by atomic mass is 32.2. The Kier molecular flexibility index (Phi) is 3.50. The standard InChI is InChI=1S/C11H19NOS/c1-12-6-7-14-8-10(12)11(13)5-4-9-2-3-9/h9-10H,2-8H2,1H3. The van der Waals surface area contributed by atoms with Gasteiger partial charge in [-0.2, -0.15) is 11.8 Å². The zero-order valence-corrected chi connectivity index (χ0v) is 9.68. The first-order valence-corrected chi connectivity index (χ1v) is 6.73. The zero-order valence-electron chi connectivity index (χ0n) is 8.87. The van der Waals surface area contributed by atoms with Gasteiger partial charge in [0.05, 0.1) is 6.04 Å². The number of ketones is 1. The van der Waals surface area contributed by atoms with E-state index < -0.39 is 0 Å². The van der Waals surface area contributed by atoms with Crippen molar-refractivity contribution in [1.82, 2.24) is 4.90 Å². The summed E-state index contributed by atoms with van der Waals surface area (Å²) in [6.07, 6.45) is 4.69. The lowest BCUT2D eigenvalue weighted by molar-refractivity contribution is -0.123. The maximum atomic E-state index is 11.9. The molecule has 2 rings (SSSR count). The predicted octanol–water partition coefficient (Wildman–Crippen LogP) is 1.79. The second kappa shape index (κ2) is 4.67. The Morgan fingerprint density at radius 1 is 1.50 bits per heavy atom. The number of thioether (sulfide) groups is 1. The fourth-order valence-corrected chi connectivity index (χ4v) is 3.19. The molecule has 1 aliphatic heterocycles. The largest absolute Gasteiger partial charge is 0.298 e. The molecule has 2 aliphatic rings. The fraction of sp³-hybridized carbons (Fsp3) is 0.909. The first kappa shape index (κ1) is 10.5. The summed E-state index contributed by atoms with van der Waals surface area (Å²) in [7, 11) is 2.08. The molecule has 0 spiro atoms. The van der Waals surface area contributed by atoms with Gasteiger partial charge in [-0.05, 0) is 19.4 Å². The quantitative estimate of drug-likeness (QED) is 0.710. The molecule has 0 aromatic carbocycles. The number of nitrogens with zero attached hydrogens (tertiary/aromatic N) is 1. The van der Waals surface area contributed by atoms with E-state index >= 15 is 0 Å². The van der Waals surface area contributed by atoms with E-state index in [0.29, 0.717) is 5.78 Å². The minimum Gasteiger partial charge on any atom is -0.298 e. The van der Waals surface area contributed by atoms with E-state index in [0.717, 1.165) is 31.1 Å². The predicted molar refractivity (Wildman–Crippen MR) is 60.7 cm³/mol. The van der Waals surface area contributed by atoms with Gasteiger partial charge in [0.15, 0.2) is 5.78 Å². The minimum absolute atomic E-state index is 0.215. The van der Waals surface area contributed by atoms with Crippen LogP contribution in [0.1, 0.15) is 25.7 Å². The van der Waals surface area contributed by atoms with Crippen molar-refractivity contribution in [1.29, 1.82) is 0 Å². The second-order valence-corrected chi connectivity index (χ2v) is 5.67. The van der Waals surface area contributed by atoms with Crippen molar-refractivity contribution >= 4 is 17.5 Å². The average Bonchev–Trinajstić information content (AvgIpc) is 2.98. The van der Waals surface area contributed by atoms with Gasteiger partial charge in [-0.15, -0.1) is 0 Å². The van der Waals surface area contributed by atoms with E-state index in [2.05, 4.69) is 11.9 Å². The molecule has 0 N–H and O–H groups in total. The fourth-order valence-electron chi connectivity index (χ4n) is 1.94. The van der Waals surface area contributed by atoms with Crippen molar-refractivity contribution in [2.45, 2.75) is 31.7 Å². The van der Waals surface area contributed by atoms with E-state index in [-0.39, 0.29) is 6.04 Å². The van der Waals surface area contributed by atoms with Gasteiger partial charge in [0.2, 0.25) is 0 Å². The summed E-state index contributed by atoms with van der Waals surface area (Å²) in [5.41, 5.74) is 0. The summed E-state index contributed by atoms with van der Waals surface area (Å²) in [6, 6.07) is 0.215. The molecule has 0 amide bonds. The zero-order chi connectivity index (χ0) is 9.97. The molecule has 80 valence electrons. The van der Waals surface area contributed by atoms with Gasteiger partial charge in [-0.25, -0.2) is 0 Å². The Balaban J connectivity index is 1.76. The Hall–Kier alpha value is -0.0200. The number of rotatable bonds is 4. The number of hydrogen-bond donors (Lipinski definition) is 0. The molecule has 1 saturated heterocycles. The molecule has 0 bridgehead atoms. The van der Waals surface area contributed by atoms with E-state index in [1.54, 1.807) is 0 Å². The van der Waals surface area contributed by atoms with Crippen molar-refractivity contribution in [3.63, 3.8) is 0 Å². The van der Waals surface area contributed by atoms with Crippen LogP contribution in [0.4, 0.5) is 0 Å². The lowest BCUT2D eigenvalue weighted by atomic mass is 10.1. The smallest absolute Gasteiger partial charge is 0.150 e. The Morgan fingerprint density at radius 2 is 2.29 bits per heavy atom. The van der Waals surface area contributed by atoms with Crippen molar-refractivity contribution in [2.75, 3.05) is 25.1 Å². The maximum absolute atomic E-state index is 11.9. The SMILES string of the molecule is CN1CCSCC1C(=O)CCC1CC1. The summed E-state index contributed by atoms with van der Waals surface area (Å²) in [6.45, 7) is 1.07. The van der Waals surface area contributed by atoms with Crippen LogP contribution in [0.2, 0.25) is 0 Å². The van der Waals surface area contributed by atoms with Crippen LogP contribution in [0.15, 0.2) is 0 Å². The molecule has 0 aromatic rings. The van der Waals surface area contributed by atoms with Gasteiger partial charge < -0.3 is 0 Å². The average molecular weight is 213 g/mol.